The van der Waals surface area contributed by atoms with E-state index in [1.807, 2.05) is 0 Å². The van der Waals surface area contributed by atoms with Crippen LogP contribution in [0.1, 0.15) is 42.5 Å². The summed E-state index contributed by atoms with van der Waals surface area (Å²) in [6, 6.07) is 5.24. The van der Waals surface area contributed by atoms with Crippen LogP contribution in [0.25, 0.3) is 0 Å². The standard InChI is InChI=1S/C16H19F2NO4/c17-16(18)23-13-8-6-11(7-9-13)15(21)22-10-14(20)19-12-4-2-1-3-5-12/h6-9,12,16H,1-5,10H2,(H,19,20). The fourth-order valence-corrected chi connectivity index (χ4v) is 2.50. The van der Waals surface area contributed by atoms with Gasteiger partial charge < -0.3 is 14.8 Å². The second kappa shape index (κ2) is 8.45. The van der Waals surface area contributed by atoms with Gasteiger partial charge in [0.15, 0.2) is 6.61 Å². The van der Waals surface area contributed by atoms with Crippen LogP contribution in [0.5, 0.6) is 5.75 Å². The lowest BCUT2D eigenvalue weighted by atomic mass is 9.95. The van der Waals surface area contributed by atoms with Gasteiger partial charge in [-0.05, 0) is 37.1 Å². The summed E-state index contributed by atoms with van der Waals surface area (Å²) in [5.41, 5.74) is 0.164. The molecule has 0 radical (unpaired) electrons. The van der Waals surface area contributed by atoms with Gasteiger partial charge in [0.05, 0.1) is 5.56 Å². The van der Waals surface area contributed by atoms with Crippen LogP contribution in [0.2, 0.25) is 0 Å². The Hall–Kier alpha value is -2.18. The summed E-state index contributed by atoms with van der Waals surface area (Å²) < 4.78 is 33.1. The highest BCUT2D eigenvalue weighted by molar-refractivity contribution is 5.91. The van der Waals surface area contributed by atoms with Gasteiger partial charge >= 0.3 is 12.6 Å². The lowest BCUT2D eigenvalue weighted by molar-refractivity contribution is -0.125. The van der Waals surface area contributed by atoms with Crippen molar-refractivity contribution >= 4 is 11.9 Å². The highest BCUT2D eigenvalue weighted by Gasteiger charge is 2.17. The van der Waals surface area contributed by atoms with Crippen LogP contribution < -0.4 is 10.1 Å². The van der Waals surface area contributed by atoms with E-state index < -0.39 is 12.6 Å². The number of alkyl halides is 2. The second-order valence-corrected chi connectivity index (χ2v) is 5.38. The molecule has 0 bridgehead atoms. The number of halogens is 2. The van der Waals surface area contributed by atoms with Gasteiger partial charge in [-0.3, -0.25) is 4.79 Å². The van der Waals surface area contributed by atoms with Gasteiger partial charge in [-0.15, -0.1) is 0 Å². The highest BCUT2D eigenvalue weighted by atomic mass is 19.3. The lowest BCUT2D eigenvalue weighted by Gasteiger charge is -2.22. The topological polar surface area (TPSA) is 64.6 Å². The van der Waals surface area contributed by atoms with Crippen molar-refractivity contribution in [2.75, 3.05) is 6.61 Å². The van der Waals surface area contributed by atoms with Gasteiger partial charge in [0.25, 0.3) is 5.91 Å². The molecule has 1 aromatic rings. The van der Waals surface area contributed by atoms with Crippen molar-refractivity contribution in [2.24, 2.45) is 0 Å². The second-order valence-electron chi connectivity index (χ2n) is 5.38. The Morgan fingerprint density at radius 3 is 2.39 bits per heavy atom. The van der Waals surface area contributed by atoms with Crippen molar-refractivity contribution in [2.45, 2.75) is 44.8 Å². The third-order valence-corrected chi connectivity index (χ3v) is 3.62. The minimum Gasteiger partial charge on any atom is -0.452 e. The SMILES string of the molecule is O=C(COC(=O)c1ccc(OC(F)F)cc1)NC1CCCCC1. The average molecular weight is 327 g/mol. The molecular formula is C16H19F2NO4. The number of esters is 1. The Balaban J connectivity index is 1.76. The van der Waals surface area contributed by atoms with Crippen LogP contribution in [0.4, 0.5) is 8.78 Å². The zero-order chi connectivity index (χ0) is 16.7. The quantitative estimate of drug-likeness (QED) is 0.816. The van der Waals surface area contributed by atoms with Crippen LogP contribution >= 0.6 is 0 Å². The van der Waals surface area contributed by atoms with Gasteiger partial charge in [-0.1, -0.05) is 19.3 Å². The van der Waals surface area contributed by atoms with Crippen LogP contribution in [-0.2, 0) is 9.53 Å². The predicted octanol–water partition coefficient (Wildman–Crippen LogP) is 2.89. The molecule has 1 fully saturated rings. The zero-order valence-electron chi connectivity index (χ0n) is 12.6. The van der Waals surface area contributed by atoms with E-state index >= 15 is 0 Å². The van der Waals surface area contributed by atoms with Gasteiger partial charge in [0, 0.05) is 6.04 Å². The Labute approximate surface area is 133 Å². The molecule has 0 unspecified atom stereocenters. The zero-order valence-corrected chi connectivity index (χ0v) is 12.6. The van der Waals surface area contributed by atoms with E-state index in [-0.39, 0.29) is 29.9 Å². The molecule has 1 aromatic carbocycles. The average Bonchev–Trinajstić information content (AvgIpc) is 2.54. The first-order chi connectivity index (χ1) is 11.0. The fraction of sp³-hybridized carbons (Fsp3) is 0.500. The first-order valence-corrected chi connectivity index (χ1v) is 7.56. The van der Waals surface area contributed by atoms with Crippen LogP contribution in [0.3, 0.4) is 0 Å². The summed E-state index contributed by atoms with van der Waals surface area (Å²) in [5.74, 6) is -1.07. The number of carbonyl (C=O) groups is 2. The molecule has 1 saturated carbocycles. The number of nitrogens with one attached hydrogen (secondary N) is 1. The molecule has 0 atom stereocenters. The normalized spacial score (nSPS) is 15.3. The Bertz CT molecular complexity index is 527. The Kier molecular flexibility index (Phi) is 6.31. The van der Waals surface area contributed by atoms with E-state index in [1.165, 1.54) is 30.7 Å². The van der Waals surface area contributed by atoms with Crippen molar-refractivity contribution in [3.63, 3.8) is 0 Å². The number of hydrogen-bond acceptors (Lipinski definition) is 4. The summed E-state index contributed by atoms with van der Waals surface area (Å²) >= 11 is 0. The largest absolute Gasteiger partial charge is 0.452 e. The van der Waals surface area contributed by atoms with Gasteiger partial charge in [-0.2, -0.15) is 8.78 Å². The van der Waals surface area contributed by atoms with Crippen LogP contribution in [0.15, 0.2) is 24.3 Å². The molecule has 0 aliphatic heterocycles. The molecule has 126 valence electrons. The smallest absolute Gasteiger partial charge is 0.387 e. The van der Waals surface area contributed by atoms with Crippen molar-refractivity contribution < 1.29 is 27.8 Å². The number of hydrogen-bond donors (Lipinski definition) is 1. The van der Waals surface area contributed by atoms with Gasteiger partial charge in [-0.25, -0.2) is 4.79 Å². The Morgan fingerprint density at radius 2 is 1.78 bits per heavy atom. The molecule has 7 heteroatoms. The van der Waals surface area contributed by atoms with Gasteiger partial charge in [0.2, 0.25) is 0 Å². The van der Waals surface area contributed by atoms with E-state index in [9.17, 15) is 18.4 Å². The minimum absolute atomic E-state index is 0.0495. The number of carbonyl (C=O) groups excluding carboxylic acids is 2. The third-order valence-electron chi connectivity index (χ3n) is 3.62. The number of benzene rings is 1. The van der Waals surface area contributed by atoms with Crippen LogP contribution in [-0.4, -0.2) is 31.1 Å². The molecular weight excluding hydrogens is 308 g/mol. The minimum atomic E-state index is -2.92. The first-order valence-electron chi connectivity index (χ1n) is 7.56. The Morgan fingerprint density at radius 1 is 1.13 bits per heavy atom. The van der Waals surface area contributed by atoms with Crippen molar-refractivity contribution in [3.05, 3.63) is 29.8 Å². The molecule has 0 saturated heterocycles. The molecule has 1 aliphatic rings. The van der Waals surface area contributed by atoms with Gasteiger partial charge in [0.1, 0.15) is 5.75 Å². The maximum Gasteiger partial charge on any atom is 0.387 e. The maximum absolute atomic E-state index is 12.0. The van der Waals surface area contributed by atoms with E-state index in [2.05, 4.69) is 10.1 Å². The lowest BCUT2D eigenvalue weighted by Crippen LogP contribution is -2.38. The van der Waals surface area contributed by atoms with Crippen molar-refractivity contribution in [1.82, 2.24) is 5.32 Å². The van der Waals surface area contributed by atoms with E-state index in [0.717, 1.165) is 25.7 Å². The number of ether oxygens (including phenoxy) is 2. The molecule has 0 spiro atoms. The predicted molar refractivity (Wildman–Crippen MR) is 78.4 cm³/mol. The summed E-state index contributed by atoms with van der Waals surface area (Å²) in [7, 11) is 0. The monoisotopic (exact) mass is 327 g/mol. The molecule has 1 N–H and O–H groups in total. The highest BCUT2D eigenvalue weighted by Crippen LogP contribution is 2.17. The molecule has 0 aromatic heterocycles. The van der Waals surface area contributed by atoms with Crippen LogP contribution in [0, 0.1) is 0 Å². The number of rotatable bonds is 6. The van der Waals surface area contributed by atoms with E-state index in [1.54, 1.807) is 0 Å². The van der Waals surface area contributed by atoms with Crippen molar-refractivity contribution in [1.29, 1.82) is 0 Å². The van der Waals surface area contributed by atoms with Crippen molar-refractivity contribution in [3.8, 4) is 5.75 Å². The van der Waals surface area contributed by atoms with E-state index in [4.69, 9.17) is 4.74 Å². The third kappa shape index (κ3) is 5.84. The summed E-state index contributed by atoms with van der Waals surface area (Å²) in [5, 5.41) is 2.84. The fourth-order valence-electron chi connectivity index (χ4n) is 2.50. The molecule has 1 amide bonds. The first kappa shape index (κ1) is 17.2. The molecule has 1 aliphatic carbocycles. The summed E-state index contributed by atoms with van der Waals surface area (Å²) in [4.78, 5) is 23.5. The maximum atomic E-state index is 12.0. The number of amides is 1. The molecule has 5 nitrogen and oxygen atoms in total. The molecule has 23 heavy (non-hydrogen) atoms. The summed E-state index contributed by atoms with van der Waals surface area (Å²) in [6.07, 6.45) is 5.28. The molecule has 0 heterocycles. The molecule has 2 rings (SSSR count). The van der Waals surface area contributed by atoms with E-state index in [0.29, 0.717) is 0 Å². The summed E-state index contributed by atoms with van der Waals surface area (Å²) in [6.45, 7) is -3.28.